The van der Waals surface area contributed by atoms with E-state index in [1.54, 1.807) is 0 Å². The number of hydrogen-bond donors (Lipinski definition) is 1. The first-order chi connectivity index (χ1) is 8.68. The first-order valence-electron chi connectivity index (χ1n) is 6.75. The third-order valence-electron chi connectivity index (χ3n) is 4.74. The second kappa shape index (κ2) is 3.05. The molecule has 1 spiro atoms. The molecule has 18 heavy (non-hydrogen) atoms. The van der Waals surface area contributed by atoms with Gasteiger partial charge in [0.15, 0.2) is 0 Å². The Morgan fingerprint density at radius 2 is 2.44 bits per heavy atom. The largest absolute Gasteiger partial charge is 0.374 e. The molecule has 4 rings (SSSR count). The van der Waals surface area contributed by atoms with Gasteiger partial charge in [-0.2, -0.15) is 5.10 Å². The van der Waals surface area contributed by atoms with E-state index in [0.717, 1.165) is 30.9 Å². The number of carbonyl (C=O) groups is 1. The van der Waals surface area contributed by atoms with Crippen LogP contribution in [-0.4, -0.2) is 34.0 Å². The van der Waals surface area contributed by atoms with Crippen molar-refractivity contribution in [2.45, 2.75) is 32.1 Å². The molecule has 1 aromatic heterocycles. The predicted octanol–water partition coefficient (Wildman–Crippen LogP) is 1.78. The summed E-state index contributed by atoms with van der Waals surface area (Å²) in [5.41, 5.74) is 4.32. The molecular weight excluding hydrogens is 226 g/mol. The van der Waals surface area contributed by atoms with Crippen molar-refractivity contribution in [1.82, 2.24) is 15.1 Å². The van der Waals surface area contributed by atoms with Crippen molar-refractivity contribution >= 4 is 5.78 Å². The normalized spacial score (nSPS) is 31.9. The van der Waals surface area contributed by atoms with E-state index >= 15 is 0 Å². The molecule has 0 radical (unpaired) electrons. The van der Waals surface area contributed by atoms with Crippen molar-refractivity contribution < 1.29 is 4.79 Å². The van der Waals surface area contributed by atoms with Crippen molar-refractivity contribution in [3.63, 3.8) is 0 Å². The van der Waals surface area contributed by atoms with E-state index < -0.39 is 0 Å². The number of hydrogen-bond acceptors (Lipinski definition) is 3. The van der Waals surface area contributed by atoms with E-state index in [-0.39, 0.29) is 11.2 Å². The molecule has 0 aromatic carbocycles. The van der Waals surface area contributed by atoms with Crippen LogP contribution in [0, 0.1) is 12.8 Å². The predicted molar refractivity (Wildman–Crippen MR) is 67.4 cm³/mol. The molecule has 2 fully saturated rings. The van der Waals surface area contributed by atoms with Crippen molar-refractivity contribution in [2.24, 2.45) is 5.92 Å². The summed E-state index contributed by atoms with van der Waals surface area (Å²) in [5, 5.41) is 7.18. The van der Waals surface area contributed by atoms with Gasteiger partial charge in [-0.25, -0.2) is 0 Å². The van der Waals surface area contributed by atoms with Gasteiger partial charge in [0.1, 0.15) is 5.69 Å². The minimum Gasteiger partial charge on any atom is -0.374 e. The molecular formula is C14H17N3O. The number of nitrogens with one attached hydrogen (secondary N) is 1. The van der Waals surface area contributed by atoms with Crippen LogP contribution < -0.4 is 0 Å². The number of carbonyl (C=O) groups excluding carboxylic acids is 1. The Kier molecular flexibility index (Phi) is 1.75. The van der Waals surface area contributed by atoms with Crippen LogP contribution >= 0.6 is 0 Å². The topological polar surface area (TPSA) is 49.0 Å². The molecule has 1 saturated carbocycles. The van der Waals surface area contributed by atoms with E-state index in [1.165, 1.54) is 17.7 Å². The molecule has 0 bridgehead atoms. The maximum absolute atomic E-state index is 12.2. The third kappa shape index (κ3) is 0.982. The maximum Gasteiger partial charge on any atom is 0.205 e. The first kappa shape index (κ1) is 10.4. The quantitative estimate of drug-likeness (QED) is 0.861. The highest BCUT2D eigenvalue weighted by Crippen LogP contribution is 2.66. The fourth-order valence-corrected chi connectivity index (χ4v) is 4.00. The van der Waals surface area contributed by atoms with Crippen LogP contribution in [-0.2, 0) is 5.41 Å². The number of nitrogens with zero attached hydrogens (tertiary/aromatic N) is 2. The van der Waals surface area contributed by atoms with E-state index in [2.05, 4.69) is 22.0 Å². The second-order valence-electron chi connectivity index (χ2n) is 5.77. The summed E-state index contributed by atoms with van der Waals surface area (Å²) in [6.07, 6.45) is 4.17. The number of fused-ring (bicyclic) bond motifs is 1. The smallest absolute Gasteiger partial charge is 0.205 e. The highest BCUT2D eigenvalue weighted by Gasteiger charge is 2.67. The molecule has 1 aliphatic heterocycles. The van der Waals surface area contributed by atoms with Gasteiger partial charge in [-0.15, -0.1) is 0 Å². The lowest BCUT2D eigenvalue weighted by Crippen LogP contribution is -2.29. The van der Waals surface area contributed by atoms with Crippen LogP contribution in [0.25, 0.3) is 0 Å². The zero-order valence-electron chi connectivity index (χ0n) is 10.8. The van der Waals surface area contributed by atoms with Crippen molar-refractivity contribution in [1.29, 1.82) is 0 Å². The van der Waals surface area contributed by atoms with Crippen molar-refractivity contribution in [3.8, 4) is 0 Å². The average molecular weight is 243 g/mol. The summed E-state index contributed by atoms with van der Waals surface area (Å²) in [7, 11) is 0. The SMILES string of the molecule is CCCN1CC2CC23C1=CC(=O)c1[nH]nc(C)c13. The molecule has 3 aliphatic rings. The summed E-state index contributed by atoms with van der Waals surface area (Å²) in [5.74, 6) is 0.790. The zero-order chi connectivity index (χ0) is 12.5. The van der Waals surface area contributed by atoms with Crippen LogP contribution in [0.2, 0.25) is 0 Å². The molecule has 1 aromatic rings. The molecule has 4 nitrogen and oxygen atoms in total. The third-order valence-corrected chi connectivity index (χ3v) is 4.74. The van der Waals surface area contributed by atoms with Crippen molar-refractivity contribution in [3.05, 3.63) is 28.7 Å². The van der Waals surface area contributed by atoms with Gasteiger partial charge in [-0.1, -0.05) is 6.92 Å². The summed E-state index contributed by atoms with van der Waals surface area (Å²) in [4.78, 5) is 14.6. The summed E-state index contributed by atoms with van der Waals surface area (Å²) in [6.45, 7) is 6.37. The van der Waals surface area contributed by atoms with Gasteiger partial charge in [0.05, 0.1) is 5.69 Å². The molecule has 2 atom stereocenters. The molecule has 94 valence electrons. The standard InChI is InChI=1S/C14H17N3O/c1-3-4-17-7-9-6-14(9)11(17)5-10(18)13-12(14)8(2)15-16-13/h5,9H,3-4,6-7H2,1-2H3,(H,15,16). The number of aromatic amines is 1. The Hall–Kier alpha value is -1.58. The van der Waals surface area contributed by atoms with Gasteiger partial charge in [-0.05, 0) is 25.7 Å². The average Bonchev–Trinajstić information content (AvgIpc) is 2.74. The van der Waals surface area contributed by atoms with Gasteiger partial charge in [-0.3, -0.25) is 9.89 Å². The number of rotatable bonds is 2. The lowest BCUT2D eigenvalue weighted by Gasteiger charge is -2.29. The number of allylic oxidation sites excluding steroid dienone is 2. The maximum atomic E-state index is 12.2. The van der Waals surface area contributed by atoms with Crippen molar-refractivity contribution in [2.75, 3.05) is 13.1 Å². The number of piperidine rings is 1. The number of aromatic nitrogens is 2. The Morgan fingerprint density at radius 3 is 3.22 bits per heavy atom. The van der Waals surface area contributed by atoms with E-state index in [4.69, 9.17) is 0 Å². The molecule has 2 unspecified atom stereocenters. The fourth-order valence-electron chi connectivity index (χ4n) is 4.00. The van der Waals surface area contributed by atoms with E-state index in [0.29, 0.717) is 5.92 Å². The van der Waals surface area contributed by atoms with Crippen LogP contribution in [0.3, 0.4) is 0 Å². The van der Waals surface area contributed by atoms with Crippen LogP contribution in [0.1, 0.15) is 41.5 Å². The Balaban J connectivity index is 1.88. The number of likely N-dealkylation sites (tertiary alicyclic amines) is 1. The van der Waals surface area contributed by atoms with Crippen LogP contribution in [0.15, 0.2) is 11.8 Å². The van der Waals surface area contributed by atoms with Gasteiger partial charge in [0.2, 0.25) is 5.78 Å². The highest BCUT2D eigenvalue weighted by atomic mass is 16.1. The number of ketones is 1. The van der Waals surface area contributed by atoms with E-state index in [9.17, 15) is 4.79 Å². The Morgan fingerprint density at radius 1 is 1.61 bits per heavy atom. The lowest BCUT2D eigenvalue weighted by molar-refractivity contribution is 0.103. The lowest BCUT2D eigenvalue weighted by atomic mass is 9.84. The summed E-state index contributed by atoms with van der Waals surface area (Å²) >= 11 is 0. The van der Waals surface area contributed by atoms with E-state index in [1.807, 2.05) is 13.0 Å². The van der Waals surface area contributed by atoms with Gasteiger partial charge in [0.25, 0.3) is 0 Å². The van der Waals surface area contributed by atoms with Gasteiger partial charge in [0, 0.05) is 35.8 Å². The Labute approximate surface area is 106 Å². The zero-order valence-corrected chi connectivity index (χ0v) is 10.8. The fraction of sp³-hybridized carbons (Fsp3) is 0.571. The minimum absolute atomic E-state index is 0.0971. The second-order valence-corrected chi connectivity index (χ2v) is 5.77. The molecule has 2 heterocycles. The Bertz CT molecular complexity index is 586. The van der Waals surface area contributed by atoms with Crippen LogP contribution in [0.5, 0.6) is 0 Å². The molecule has 0 amide bonds. The van der Waals surface area contributed by atoms with Gasteiger partial charge < -0.3 is 4.90 Å². The summed E-state index contributed by atoms with van der Waals surface area (Å²) in [6, 6.07) is 0. The first-order valence-corrected chi connectivity index (χ1v) is 6.75. The molecule has 1 saturated heterocycles. The monoisotopic (exact) mass is 243 g/mol. The number of H-pyrrole nitrogens is 1. The summed E-state index contributed by atoms with van der Waals surface area (Å²) < 4.78 is 0. The minimum atomic E-state index is 0.0971. The molecule has 4 heteroatoms. The molecule has 1 N–H and O–H groups in total. The molecule has 2 aliphatic carbocycles. The number of aryl methyl sites for hydroxylation is 1. The highest BCUT2D eigenvalue weighted by molar-refractivity contribution is 6.07. The van der Waals surface area contributed by atoms with Crippen LogP contribution in [0.4, 0.5) is 0 Å². The van der Waals surface area contributed by atoms with Gasteiger partial charge >= 0.3 is 0 Å².